The van der Waals surface area contributed by atoms with Gasteiger partial charge in [0.1, 0.15) is 11.9 Å². The van der Waals surface area contributed by atoms with Crippen LogP contribution in [0.1, 0.15) is 37.8 Å². The molecule has 0 spiro atoms. The van der Waals surface area contributed by atoms with Crippen molar-refractivity contribution in [2.75, 3.05) is 19.6 Å². The van der Waals surface area contributed by atoms with Crippen LogP contribution in [0, 0.1) is 17.1 Å². The second-order valence-corrected chi connectivity index (χ2v) is 8.26. The molecule has 1 aromatic rings. The number of nitrogens with two attached hydrogens (primary N) is 1. The van der Waals surface area contributed by atoms with Crippen molar-refractivity contribution in [3.63, 3.8) is 0 Å². The molecule has 0 aliphatic carbocycles. The lowest BCUT2D eigenvalue weighted by atomic mass is 10.1. The minimum absolute atomic E-state index is 0.00809. The van der Waals surface area contributed by atoms with Crippen LogP contribution in [0.2, 0.25) is 0 Å². The smallest absolute Gasteiger partial charge is 0.241 e. The lowest BCUT2D eigenvalue weighted by Crippen LogP contribution is -2.56. The predicted octanol–water partition coefficient (Wildman–Crippen LogP) is 1.01. The van der Waals surface area contributed by atoms with Crippen molar-refractivity contribution in [2.45, 2.75) is 56.4 Å². The van der Waals surface area contributed by atoms with E-state index in [2.05, 4.69) is 6.07 Å². The van der Waals surface area contributed by atoms with Gasteiger partial charge < -0.3 is 15.5 Å². The van der Waals surface area contributed by atoms with Crippen molar-refractivity contribution < 1.29 is 14.0 Å². The number of nitriles is 1. The molecule has 3 fully saturated rings. The number of halogens is 1. The second-order valence-electron chi connectivity index (χ2n) is 8.26. The molecule has 7 nitrogen and oxygen atoms in total. The Hall–Kier alpha value is -2.50. The van der Waals surface area contributed by atoms with Gasteiger partial charge in [0.25, 0.3) is 0 Å². The molecule has 3 aliphatic rings. The maximum Gasteiger partial charge on any atom is 0.241 e. The summed E-state index contributed by atoms with van der Waals surface area (Å²) < 4.78 is 13.6. The average Bonchev–Trinajstić information content (AvgIpc) is 3.41. The molecule has 2 amide bonds. The zero-order valence-corrected chi connectivity index (χ0v) is 16.5. The van der Waals surface area contributed by atoms with Crippen molar-refractivity contribution in [1.29, 1.82) is 5.26 Å². The Balaban J connectivity index is 1.40. The first kappa shape index (κ1) is 19.8. The van der Waals surface area contributed by atoms with E-state index >= 15 is 0 Å². The highest BCUT2D eigenvalue weighted by atomic mass is 19.1. The van der Waals surface area contributed by atoms with E-state index < -0.39 is 12.1 Å². The number of fused-ring (bicyclic) bond motifs is 2. The van der Waals surface area contributed by atoms with Gasteiger partial charge in [0, 0.05) is 25.7 Å². The quantitative estimate of drug-likeness (QED) is 0.798. The Morgan fingerprint density at radius 2 is 2.24 bits per heavy atom. The number of piperazine rings is 1. The summed E-state index contributed by atoms with van der Waals surface area (Å²) in [5, 5.41) is 9.20. The van der Waals surface area contributed by atoms with Gasteiger partial charge in [0.05, 0.1) is 24.2 Å². The van der Waals surface area contributed by atoms with Crippen molar-refractivity contribution >= 4 is 11.8 Å². The summed E-state index contributed by atoms with van der Waals surface area (Å²) in [6.07, 6.45) is 2.20. The van der Waals surface area contributed by atoms with Crippen molar-refractivity contribution in [3.8, 4) is 6.07 Å². The molecule has 0 radical (unpaired) electrons. The Morgan fingerprint density at radius 3 is 2.93 bits per heavy atom. The Kier molecular flexibility index (Phi) is 5.28. The molecule has 4 unspecified atom stereocenters. The van der Waals surface area contributed by atoms with Gasteiger partial charge >= 0.3 is 0 Å². The number of nitrogens with zero attached hydrogens (tertiary/aromatic N) is 4. The zero-order valence-electron chi connectivity index (χ0n) is 16.5. The van der Waals surface area contributed by atoms with Crippen molar-refractivity contribution in [1.82, 2.24) is 14.7 Å². The van der Waals surface area contributed by atoms with Gasteiger partial charge in [-0.3, -0.25) is 14.5 Å². The third-order valence-electron chi connectivity index (χ3n) is 6.50. The number of amides is 2. The maximum absolute atomic E-state index is 13.6. The second kappa shape index (κ2) is 7.73. The number of benzene rings is 1. The van der Waals surface area contributed by atoms with Crippen LogP contribution in [-0.4, -0.2) is 70.3 Å². The average molecular weight is 399 g/mol. The van der Waals surface area contributed by atoms with Gasteiger partial charge in [-0.05, 0) is 43.9 Å². The third kappa shape index (κ3) is 3.49. The maximum atomic E-state index is 13.6. The van der Waals surface area contributed by atoms with E-state index in [4.69, 9.17) is 5.73 Å². The van der Waals surface area contributed by atoms with Crippen LogP contribution in [0.5, 0.6) is 0 Å². The summed E-state index contributed by atoms with van der Waals surface area (Å²) in [6, 6.07) is 6.92. The molecule has 154 valence electrons. The van der Waals surface area contributed by atoms with Crippen LogP contribution in [0.4, 0.5) is 4.39 Å². The number of likely N-dealkylation sites (tertiary alicyclic amines) is 3. The monoisotopic (exact) mass is 399 g/mol. The largest absolute Gasteiger partial charge is 0.330 e. The molecular formula is C21H26FN5O2. The SMILES string of the molecule is C[C@@H](c1cccc(F)c1)N1C(=O)C2CC1CN2CC(N)C(=O)N1CCCC1C#N. The molecule has 4 rings (SSSR count). The normalized spacial score (nSPS) is 28.6. The fourth-order valence-electron chi connectivity index (χ4n) is 5.03. The summed E-state index contributed by atoms with van der Waals surface area (Å²) in [5.41, 5.74) is 6.94. The van der Waals surface area contributed by atoms with Crippen LogP contribution < -0.4 is 5.73 Å². The van der Waals surface area contributed by atoms with Crippen molar-refractivity contribution in [3.05, 3.63) is 35.6 Å². The summed E-state index contributed by atoms with van der Waals surface area (Å²) in [4.78, 5) is 31.1. The molecule has 5 atom stereocenters. The summed E-state index contributed by atoms with van der Waals surface area (Å²) in [6.45, 7) is 3.44. The molecule has 0 saturated carbocycles. The topological polar surface area (TPSA) is 93.7 Å². The van der Waals surface area contributed by atoms with Crippen LogP contribution >= 0.6 is 0 Å². The van der Waals surface area contributed by atoms with Crippen molar-refractivity contribution in [2.24, 2.45) is 5.73 Å². The number of rotatable bonds is 5. The van der Waals surface area contributed by atoms with E-state index in [1.54, 1.807) is 11.0 Å². The zero-order chi connectivity index (χ0) is 20.7. The number of hydrogen-bond donors (Lipinski definition) is 1. The number of hydrogen-bond acceptors (Lipinski definition) is 5. The molecule has 0 aromatic heterocycles. The van der Waals surface area contributed by atoms with Gasteiger partial charge in [-0.1, -0.05) is 12.1 Å². The summed E-state index contributed by atoms with van der Waals surface area (Å²) in [7, 11) is 0. The molecule has 2 N–H and O–H groups in total. The van der Waals surface area contributed by atoms with Gasteiger partial charge in [-0.2, -0.15) is 5.26 Å². The highest BCUT2D eigenvalue weighted by Gasteiger charge is 2.51. The molecule has 3 heterocycles. The van der Waals surface area contributed by atoms with E-state index in [1.165, 1.54) is 12.1 Å². The molecule has 2 bridgehead atoms. The van der Waals surface area contributed by atoms with E-state index in [0.29, 0.717) is 32.5 Å². The van der Waals surface area contributed by atoms with Gasteiger partial charge in [-0.15, -0.1) is 0 Å². The van der Waals surface area contributed by atoms with E-state index in [-0.39, 0.29) is 35.8 Å². The molecule has 8 heteroatoms. The highest BCUT2D eigenvalue weighted by Crippen LogP contribution is 2.38. The van der Waals surface area contributed by atoms with Crippen LogP contribution in [0.25, 0.3) is 0 Å². The lowest BCUT2D eigenvalue weighted by Gasteiger charge is -2.38. The van der Waals surface area contributed by atoms with E-state index in [9.17, 15) is 19.2 Å². The fraction of sp³-hybridized carbons (Fsp3) is 0.571. The molecular weight excluding hydrogens is 373 g/mol. The fourth-order valence-corrected chi connectivity index (χ4v) is 5.03. The summed E-state index contributed by atoms with van der Waals surface area (Å²) in [5.74, 6) is -0.516. The van der Waals surface area contributed by atoms with Crippen LogP contribution in [-0.2, 0) is 9.59 Å². The Labute approximate surface area is 169 Å². The summed E-state index contributed by atoms with van der Waals surface area (Å²) >= 11 is 0. The number of carbonyl (C=O) groups is 2. The lowest BCUT2D eigenvalue weighted by molar-refractivity contribution is -0.141. The van der Waals surface area contributed by atoms with Gasteiger partial charge in [0.2, 0.25) is 11.8 Å². The van der Waals surface area contributed by atoms with Gasteiger partial charge in [-0.25, -0.2) is 4.39 Å². The number of carbonyl (C=O) groups excluding carboxylic acids is 2. The minimum Gasteiger partial charge on any atom is -0.330 e. The van der Waals surface area contributed by atoms with Crippen LogP contribution in [0.3, 0.4) is 0 Å². The molecule has 3 saturated heterocycles. The first-order chi connectivity index (χ1) is 13.9. The Morgan fingerprint density at radius 1 is 1.45 bits per heavy atom. The first-order valence-electron chi connectivity index (χ1n) is 10.2. The highest BCUT2D eigenvalue weighted by molar-refractivity contribution is 5.87. The minimum atomic E-state index is -0.745. The predicted molar refractivity (Wildman–Crippen MR) is 104 cm³/mol. The van der Waals surface area contributed by atoms with E-state index in [0.717, 1.165) is 12.0 Å². The standard InChI is InChI=1S/C21H26FN5O2/c1-13(14-4-2-5-15(22)8-14)27-17-9-19(21(27)29)25(11-17)12-18(24)20(28)26-7-3-6-16(26)10-23/h2,4-5,8,13,16-19H,3,6-7,9,11-12,24H2,1H3/t13-,16?,17?,18?,19?/m0/s1. The molecule has 1 aromatic carbocycles. The molecule has 3 aliphatic heterocycles. The molecule has 29 heavy (non-hydrogen) atoms. The first-order valence-corrected chi connectivity index (χ1v) is 10.2. The van der Waals surface area contributed by atoms with Crippen LogP contribution in [0.15, 0.2) is 24.3 Å². The third-order valence-corrected chi connectivity index (χ3v) is 6.50. The van der Waals surface area contributed by atoms with E-state index in [1.807, 2.05) is 22.8 Å². The Bertz CT molecular complexity index is 856. The van der Waals surface area contributed by atoms with Gasteiger partial charge in [0.15, 0.2) is 0 Å².